The molecule has 276 valence electrons. The van der Waals surface area contributed by atoms with Crippen LogP contribution in [0.15, 0.2) is 114 Å². The minimum Gasteiger partial charge on any atom is -0.497 e. The van der Waals surface area contributed by atoms with Gasteiger partial charge in [-0.05, 0) is 96.8 Å². The van der Waals surface area contributed by atoms with E-state index in [4.69, 9.17) is 32.7 Å². The van der Waals surface area contributed by atoms with Gasteiger partial charge < -0.3 is 19.5 Å². The van der Waals surface area contributed by atoms with Crippen LogP contribution in [0.25, 0.3) is 33.4 Å². The van der Waals surface area contributed by atoms with E-state index in [1.165, 1.54) is 28.3 Å². The minimum atomic E-state index is -1.54. The molecule has 2 N–H and O–H groups in total. The van der Waals surface area contributed by atoms with Crippen LogP contribution in [-0.4, -0.2) is 31.4 Å². The molecule has 0 heterocycles. The number of hydrogen-bond acceptors (Lipinski definition) is 4. The van der Waals surface area contributed by atoms with Crippen LogP contribution in [0.2, 0.25) is 10.0 Å². The van der Waals surface area contributed by atoms with Crippen molar-refractivity contribution in [1.29, 1.82) is 0 Å². The smallest absolute Gasteiger partial charge is 0.492 e. The first-order valence-corrected chi connectivity index (χ1v) is 18.7. The van der Waals surface area contributed by atoms with Gasteiger partial charge >= 0.3 is 7.12 Å². The Morgan fingerprint density at radius 3 is 1.50 bits per heavy atom. The molecule has 8 rings (SSSR count). The standard InChI is InChI=1S/C22H18ClFO.C16H17BO3.C6H3BrClF/c1-22(2)17-9-5-4-7-13(17)15-11-16(20(25-3)12-18(15)22)14-8-6-10-19(23)21(14)24;1-16(2)12-7-5-4-6-10(12)11-8-14(17(18)19)15(20-3)9-13(11)16;7-4-2-1-3-5(8)6(4)9/h4-12H,1-3H3;4-9,18-19H,1-3H3;1-3H. The van der Waals surface area contributed by atoms with Crippen molar-refractivity contribution in [2.24, 2.45) is 0 Å². The number of rotatable bonds is 4. The third-order valence-electron chi connectivity index (χ3n) is 10.3. The van der Waals surface area contributed by atoms with E-state index < -0.39 is 18.8 Å². The number of halogens is 5. The summed E-state index contributed by atoms with van der Waals surface area (Å²) in [6.07, 6.45) is 0. The lowest BCUT2D eigenvalue weighted by atomic mass is 9.76. The van der Waals surface area contributed by atoms with Crippen LogP contribution < -0.4 is 14.9 Å². The van der Waals surface area contributed by atoms with Crippen LogP contribution in [0.1, 0.15) is 49.9 Å². The monoisotopic (exact) mass is 828 g/mol. The summed E-state index contributed by atoms with van der Waals surface area (Å²) in [7, 11) is 1.62. The van der Waals surface area contributed by atoms with Gasteiger partial charge in [-0.3, -0.25) is 0 Å². The van der Waals surface area contributed by atoms with Gasteiger partial charge in [0.1, 0.15) is 17.3 Å². The van der Waals surface area contributed by atoms with Gasteiger partial charge in [0.25, 0.3) is 0 Å². The number of ether oxygens (including phenoxy) is 2. The van der Waals surface area contributed by atoms with Crippen LogP contribution in [-0.2, 0) is 10.8 Å². The zero-order valence-electron chi connectivity index (χ0n) is 30.6. The van der Waals surface area contributed by atoms with E-state index >= 15 is 0 Å². The van der Waals surface area contributed by atoms with E-state index in [1.54, 1.807) is 44.6 Å². The van der Waals surface area contributed by atoms with Crippen molar-refractivity contribution >= 4 is 51.7 Å². The molecule has 6 aromatic rings. The van der Waals surface area contributed by atoms with Crippen LogP contribution in [0.5, 0.6) is 11.5 Å². The lowest BCUT2D eigenvalue weighted by molar-refractivity contribution is 0.402. The predicted octanol–water partition coefficient (Wildman–Crippen LogP) is 11.4. The highest BCUT2D eigenvalue weighted by atomic mass is 79.9. The van der Waals surface area contributed by atoms with Gasteiger partial charge in [0, 0.05) is 27.4 Å². The Morgan fingerprint density at radius 1 is 0.537 bits per heavy atom. The lowest BCUT2D eigenvalue weighted by Crippen LogP contribution is -2.31. The molecule has 54 heavy (non-hydrogen) atoms. The topological polar surface area (TPSA) is 58.9 Å². The molecule has 2 aliphatic rings. The first-order valence-electron chi connectivity index (χ1n) is 17.2. The molecular weight excluding hydrogens is 792 g/mol. The first kappa shape index (κ1) is 39.5. The molecule has 10 heteroatoms. The zero-order chi connectivity index (χ0) is 39.1. The Bertz CT molecular complexity index is 2360. The van der Waals surface area contributed by atoms with Crippen molar-refractivity contribution in [1.82, 2.24) is 0 Å². The van der Waals surface area contributed by atoms with Crippen LogP contribution in [0, 0.1) is 11.6 Å². The minimum absolute atomic E-state index is 0.112. The second-order valence-corrected chi connectivity index (χ2v) is 15.8. The van der Waals surface area contributed by atoms with Gasteiger partial charge in [0.15, 0.2) is 5.82 Å². The lowest BCUT2D eigenvalue weighted by Gasteiger charge is -2.22. The van der Waals surface area contributed by atoms with E-state index in [-0.39, 0.29) is 20.9 Å². The molecule has 0 aromatic heterocycles. The summed E-state index contributed by atoms with van der Waals surface area (Å²) in [4.78, 5) is 0. The Kier molecular flexibility index (Phi) is 11.4. The Labute approximate surface area is 333 Å². The third-order valence-corrected chi connectivity index (χ3v) is 11.5. The number of benzene rings is 6. The normalized spacial score (nSPS) is 13.6. The average molecular weight is 830 g/mol. The average Bonchev–Trinajstić information content (AvgIpc) is 3.53. The largest absolute Gasteiger partial charge is 0.497 e. The Hall–Kier alpha value is -4.18. The second-order valence-electron chi connectivity index (χ2n) is 14.1. The molecule has 0 fully saturated rings. The highest BCUT2D eigenvalue weighted by Crippen LogP contribution is 2.52. The highest BCUT2D eigenvalue weighted by Gasteiger charge is 2.38. The van der Waals surface area contributed by atoms with Crippen molar-refractivity contribution in [2.75, 3.05) is 14.2 Å². The van der Waals surface area contributed by atoms with Gasteiger partial charge in [0.05, 0.1) is 28.7 Å². The van der Waals surface area contributed by atoms with E-state index in [9.17, 15) is 18.8 Å². The maximum Gasteiger partial charge on any atom is 0.492 e. The number of fused-ring (bicyclic) bond motifs is 6. The quantitative estimate of drug-likeness (QED) is 0.137. The van der Waals surface area contributed by atoms with Crippen molar-refractivity contribution in [3.05, 3.63) is 158 Å². The first-order chi connectivity index (χ1) is 25.6. The molecule has 0 spiro atoms. The van der Waals surface area contributed by atoms with Crippen molar-refractivity contribution in [3.63, 3.8) is 0 Å². The van der Waals surface area contributed by atoms with Crippen molar-refractivity contribution in [2.45, 2.75) is 38.5 Å². The molecule has 0 saturated carbocycles. The summed E-state index contributed by atoms with van der Waals surface area (Å²) in [6, 6.07) is 34.2. The fourth-order valence-corrected chi connectivity index (χ4v) is 8.25. The van der Waals surface area contributed by atoms with Crippen LogP contribution in [0.4, 0.5) is 8.78 Å². The van der Waals surface area contributed by atoms with Crippen molar-refractivity contribution in [3.8, 4) is 44.9 Å². The molecule has 0 bridgehead atoms. The molecule has 4 nitrogen and oxygen atoms in total. The molecule has 0 atom stereocenters. The predicted molar refractivity (Wildman–Crippen MR) is 220 cm³/mol. The van der Waals surface area contributed by atoms with Gasteiger partial charge in [-0.15, -0.1) is 0 Å². The van der Waals surface area contributed by atoms with Crippen LogP contribution in [0.3, 0.4) is 0 Å². The molecule has 6 aromatic carbocycles. The summed E-state index contributed by atoms with van der Waals surface area (Å²) in [6.45, 7) is 8.76. The van der Waals surface area contributed by atoms with Crippen molar-refractivity contribution < 1.29 is 28.3 Å². The molecule has 0 radical (unpaired) electrons. The molecule has 0 saturated heterocycles. The molecule has 2 aliphatic carbocycles. The SMILES string of the molecule is COc1cc2c(cc1-c1cccc(Cl)c1F)-c1ccccc1C2(C)C.COc1cc2c(cc1B(O)O)-c1ccccc1C2(C)C.Fc1c(Cl)cccc1Br. The van der Waals surface area contributed by atoms with Gasteiger partial charge in [-0.2, -0.15) is 0 Å². The summed E-state index contributed by atoms with van der Waals surface area (Å²) in [5.41, 5.74) is 10.7. The molecule has 0 aliphatic heterocycles. The summed E-state index contributed by atoms with van der Waals surface area (Å²) in [5.74, 6) is 0.340. The van der Waals surface area contributed by atoms with E-state index in [0.29, 0.717) is 32.6 Å². The van der Waals surface area contributed by atoms with E-state index in [1.807, 2.05) is 42.5 Å². The Morgan fingerprint density at radius 2 is 1.00 bits per heavy atom. The van der Waals surface area contributed by atoms with E-state index in [2.05, 4.69) is 74.0 Å². The maximum absolute atomic E-state index is 14.6. The molecule has 0 amide bonds. The maximum atomic E-state index is 14.6. The fraction of sp³-hybridized carbons (Fsp3) is 0.182. The van der Waals surface area contributed by atoms with Gasteiger partial charge in [0.2, 0.25) is 0 Å². The summed E-state index contributed by atoms with van der Waals surface area (Å²) in [5, 5.41) is 19.3. The Balaban J connectivity index is 0.000000153. The third kappa shape index (κ3) is 7.07. The van der Waals surface area contributed by atoms with Gasteiger partial charge in [-0.25, -0.2) is 8.78 Å². The number of methoxy groups -OCH3 is 2. The zero-order valence-corrected chi connectivity index (χ0v) is 33.7. The summed E-state index contributed by atoms with van der Waals surface area (Å²) >= 11 is 14.4. The fourth-order valence-electron chi connectivity index (χ4n) is 7.42. The van der Waals surface area contributed by atoms with Gasteiger partial charge in [-0.1, -0.05) is 124 Å². The molecular formula is C44H38BBrCl2F2O4. The second kappa shape index (κ2) is 15.5. The number of hydrogen-bond donors (Lipinski definition) is 2. The van der Waals surface area contributed by atoms with E-state index in [0.717, 1.165) is 22.3 Å². The summed E-state index contributed by atoms with van der Waals surface area (Å²) < 4.78 is 38.5. The van der Waals surface area contributed by atoms with Crippen LogP contribution >= 0.6 is 39.1 Å². The highest BCUT2D eigenvalue weighted by molar-refractivity contribution is 9.10. The molecule has 0 unspecified atom stereocenters.